The summed E-state index contributed by atoms with van der Waals surface area (Å²) in [7, 11) is -3.01. The van der Waals surface area contributed by atoms with E-state index in [1.54, 1.807) is 6.92 Å². The van der Waals surface area contributed by atoms with E-state index in [2.05, 4.69) is 15.6 Å². The van der Waals surface area contributed by atoms with Gasteiger partial charge in [0.1, 0.15) is 16.4 Å². The van der Waals surface area contributed by atoms with Crippen LogP contribution in [0.5, 0.6) is 0 Å². The van der Waals surface area contributed by atoms with Crippen LogP contribution in [0.2, 0.25) is 0 Å². The normalized spacial score (nSPS) is 13.9. The van der Waals surface area contributed by atoms with Crippen LogP contribution in [-0.2, 0) is 9.84 Å². The summed E-state index contributed by atoms with van der Waals surface area (Å²) in [4.78, 5) is 3.69. The molecule has 116 valence electrons. The molecule has 0 amide bonds. The third-order valence-electron chi connectivity index (χ3n) is 2.04. The van der Waals surface area contributed by atoms with Crippen molar-refractivity contribution in [3.8, 4) is 0 Å². The van der Waals surface area contributed by atoms with Crippen molar-refractivity contribution in [2.45, 2.75) is 32.7 Å². The van der Waals surface area contributed by atoms with Gasteiger partial charge >= 0.3 is 0 Å². The molecule has 1 unspecified atom stereocenters. The predicted octanol–water partition coefficient (Wildman–Crippen LogP) is 1.25. The maximum atomic E-state index is 12.0. The molecule has 0 rings (SSSR count). The third kappa shape index (κ3) is 14.0. The van der Waals surface area contributed by atoms with Crippen LogP contribution in [0.25, 0.3) is 0 Å². The Morgan fingerprint density at radius 2 is 1.95 bits per heavy atom. The highest BCUT2D eigenvalue weighted by atomic mass is 127. The molecule has 19 heavy (non-hydrogen) atoms. The fraction of sp³-hybridized carbons (Fsp3) is 0.900. The molecule has 0 aliphatic carbocycles. The summed E-state index contributed by atoms with van der Waals surface area (Å²) >= 11 is 0. The summed E-state index contributed by atoms with van der Waals surface area (Å²) < 4.78 is 46.0. The molecular formula is C10H22F2IN3O2S. The van der Waals surface area contributed by atoms with Crippen LogP contribution in [0, 0.1) is 0 Å². The third-order valence-corrected chi connectivity index (χ3v) is 3.01. The molecule has 0 saturated carbocycles. The van der Waals surface area contributed by atoms with Gasteiger partial charge in [-0.1, -0.05) is 0 Å². The first-order chi connectivity index (χ1) is 8.24. The maximum Gasteiger partial charge on any atom is 0.257 e. The Hall–Kier alpha value is -0.190. The minimum absolute atomic E-state index is 0. The van der Waals surface area contributed by atoms with Crippen LogP contribution in [0.15, 0.2) is 4.99 Å². The maximum absolute atomic E-state index is 12.0. The van der Waals surface area contributed by atoms with Gasteiger partial charge in [-0.25, -0.2) is 22.2 Å². The zero-order chi connectivity index (χ0) is 14.2. The van der Waals surface area contributed by atoms with Crippen LogP contribution in [-0.4, -0.2) is 51.9 Å². The number of aliphatic imine (C=N–C) groups is 1. The molecule has 0 aromatic rings. The fourth-order valence-electron chi connectivity index (χ4n) is 1.18. The number of hydrogen-bond acceptors (Lipinski definition) is 3. The number of sulfone groups is 1. The summed E-state index contributed by atoms with van der Waals surface area (Å²) in [6.45, 7) is 3.57. The van der Waals surface area contributed by atoms with Gasteiger partial charge < -0.3 is 10.6 Å². The van der Waals surface area contributed by atoms with E-state index in [1.807, 2.05) is 6.92 Å². The van der Waals surface area contributed by atoms with E-state index in [9.17, 15) is 17.2 Å². The van der Waals surface area contributed by atoms with Crippen LogP contribution in [0.1, 0.15) is 20.3 Å². The Balaban J connectivity index is 0. The molecule has 0 heterocycles. The van der Waals surface area contributed by atoms with Gasteiger partial charge in [0, 0.05) is 18.8 Å². The van der Waals surface area contributed by atoms with Crippen molar-refractivity contribution in [3.05, 3.63) is 0 Å². The van der Waals surface area contributed by atoms with Crippen molar-refractivity contribution in [3.63, 3.8) is 0 Å². The average molecular weight is 413 g/mol. The van der Waals surface area contributed by atoms with E-state index in [1.165, 1.54) is 0 Å². The van der Waals surface area contributed by atoms with Crippen molar-refractivity contribution in [1.29, 1.82) is 0 Å². The lowest BCUT2D eigenvalue weighted by atomic mass is 10.3. The molecule has 0 radical (unpaired) electrons. The highest BCUT2D eigenvalue weighted by Gasteiger charge is 2.10. The van der Waals surface area contributed by atoms with E-state index >= 15 is 0 Å². The summed E-state index contributed by atoms with van der Waals surface area (Å²) in [6.07, 6.45) is -0.930. The molecular weight excluding hydrogens is 391 g/mol. The SMILES string of the molecule is CCNC(=NCC(F)F)NC(C)CCS(C)(=O)=O.I. The Bertz CT molecular complexity index is 364. The molecule has 0 aliphatic heterocycles. The van der Waals surface area contributed by atoms with Crippen molar-refractivity contribution < 1.29 is 17.2 Å². The highest BCUT2D eigenvalue weighted by Crippen LogP contribution is 1.96. The van der Waals surface area contributed by atoms with E-state index in [0.717, 1.165) is 6.26 Å². The predicted molar refractivity (Wildman–Crippen MR) is 84.3 cm³/mol. The van der Waals surface area contributed by atoms with Gasteiger partial charge in [-0.3, -0.25) is 0 Å². The van der Waals surface area contributed by atoms with Crippen LogP contribution in [0.3, 0.4) is 0 Å². The highest BCUT2D eigenvalue weighted by molar-refractivity contribution is 14.0. The van der Waals surface area contributed by atoms with Crippen molar-refractivity contribution >= 4 is 39.8 Å². The molecule has 0 aromatic heterocycles. The minimum atomic E-state index is -3.01. The first kappa shape index (κ1) is 21.1. The number of halogens is 3. The molecule has 0 saturated heterocycles. The van der Waals surface area contributed by atoms with Crippen molar-refractivity contribution in [2.75, 3.05) is 25.1 Å². The monoisotopic (exact) mass is 413 g/mol. The van der Waals surface area contributed by atoms with Gasteiger partial charge in [0.15, 0.2) is 5.96 Å². The fourth-order valence-corrected chi connectivity index (χ4v) is 1.96. The standard InChI is InChI=1S/C10H21F2N3O2S.HI/c1-4-13-10(14-7-9(11)12)15-8(2)5-6-18(3,16)17;/h8-9H,4-7H2,1-3H3,(H2,13,14,15);1H. The molecule has 0 aliphatic rings. The van der Waals surface area contributed by atoms with Crippen LogP contribution >= 0.6 is 24.0 Å². The second-order valence-corrected chi connectivity index (χ2v) is 6.33. The molecule has 1 atom stereocenters. The zero-order valence-electron chi connectivity index (χ0n) is 11.3. The number of hydrogen-bond donors (Lipinski definition) is 2. The molecule has 9 heteroatoms. The Morgan fingerprint density at radius 1 is 1.37 bits per heavy atom. The topological polar surface area (TPSA) is 70.6 Å². The number of rotatable bonds is 7. The second-order valence-electron chi connectivity index (χ2n) is 4.07. The first-order valence-electron chi connectivity index (χ1n) is 5.75. The summed E-state index contributed by atoms with van der Waals surface area (Å²) in [5.74, 6) is 0.328. The van der Waals surface area contributed by atoms with E-state index < -0.39 is 22.8 Å². The lowest BCUT2D eigenvalue weighted by molar-refractivity contribution is 0.158. The Morgan fingerprint density at radius 3 is 2.37 bits per heavy atom. The van der Waals surface area contributed by atoms with E-state index in [4.69, 9.17) is 0 Å². The molecule has 2 N–H and O–H groups in total. The summed E-state index contributed by atoms with van der Waals surface area (Å²) in [5.41, 5.74) is 0. The van der Waals surface area contributed by atoms with E-state index in [-0.39, 0.29) is 41.7 Å². The Kier molecular flexibility index (Phi) is 11.8. The number of nitrogens with one attached hydrogen (secondary N) is 2. The second kappa shape index (κ2) is 10.6. The number of nitrogens with zero attached hydrogens (tertiary/aromatic N) is 1. The smallest absolute Gasteiger partial charge is 0.257 e. The molecule has 0 aromatic carbocycles. The van der Waals surface area contributed by atoms with Crippen LogP contribution < -0.4 is 10.6 Å². The average Bonchev–Trinajstić information content (AvgIpc) is 2.22. The van der Waals surface area contributed by atoms with Crippen molar-refractivity contribution in [2.24, 2.45) is 4.99 Å². The molecule has 0 spiro atoms. The number of guanidine groups is 1. The lowest BCUT2D eigenvalue weighted by Crippen LogP contribution is -2.43. The zero-order valence-corrected chi connectivity index (χ0v) is 14.5. The minimum Gasteiger partial charge on any atom is -0.357 e. The number of alkyl halides is 2. The summed E-state index contributed by atoms with van der Waals surface area (Å²) in [5, 5.41) is 5.71. The molecule has 0 bridgehead atoms. The lowest BCUT2D eigenvalue weighted by Gasteiger charge is -2.17. The van der Waals surface area contributed by atoms with E-state index in [0.29, 0.717) is 13.0 Å². The van der Waals surface area contributed by atoms with Gasteiger partial charge in [-0.05, 0) is 20.3 Å². The quantitative estimate of drug-likeness (QED) is 0.375. The first-order valence-corrected chi connectivity index (χ1v) is 7.81. The van der Waals surface area contributed by atoms with Gasteiger partial charge in [0.2, 0.25) is 0 Å². The largest absolute Gasteiger partial charge is 0.357 e. The van der Waals surface area contributed by atoms with Gasteiger partial charge in [-0.2, -0.15) is 0 Å². The van der Waals surface area contributed by atoms with Crippen LogP contribution in [0.4, 0.5) is 8.78 Å². The molecule has 5 nitrogen and oxygen atoms in total. The summed E-state index contributed by atoms with van der Waals surface area (Å²) in [6, 6.07) is -0.157. The Labute approximate surface area is 130 Å². The van der Waals surface area contributed by atoms with Gasteiger partial charge in [-0.15, -0.1) is 24.0 Å². The van der Waals surface area contributed by atoms with Crippen molar-refractivity contribution in [1.82, 2.24) is 10.6 Å². The van der Waals surface area contributed by atoms with Gasteiger partial charge in [0.25, 0.3) is 6.43 Å². The van der Waals surface area contributed by atoms with Gasteiger partial charge in [0.05, 0.1) is 5.75 Å². The molecule has 0 fully saturated rings.